The predicted molar refractivity (Wildman–Crippen MR) is 101 cm³/mol. The molecule has 146 valence electrons. The maximum atomic E-state index is 11.8. The van der Waals surface area contributed by atoms with Crippen LogP contribution in [0.15, 0.2) is 4.99 Å². The topological polar surface area (TPSA) is 75.2 Å². The standard InChI is InChI=1S/C18H36N4O3/c1-18(2,9-11-24-5)14-21-17(20-13-16(23)22(3)4)19-12-15-8-6-7-10-25-15/h15H,6-14H2,1-5H3,(H2,19,20,21). The van der Waals surface area contributed by atoms with Crippen LogP contribution in [0.4, 0.5) is 0 Å². The lowest BCUT2D eigenvalue weighted by Gasteiger charge is -2.27. The van der Waals surface area contributed by atoms with Gasteiger partial charge >= 0.3 is 0 Å². The number of likely N-dealkylation sites (N-methyl/N-ethyl adjacent to an activating group) is 1. The summed E-state index contributed by atoms with van der Waals surface area (Å²) in [5.74, 6) is 0.642. The molecule has 1 aliphatic heterocycles. The molecular formula is C18H36N4O3. The van der Waals surface area contributed by atoms with E-state index >= 15 is 0 Å². The van der Waals surface area contributed by atoms with E-state index in [1.165, 1.54) is 6.42 Å². The zero-order valence-corrected chi connectivity index (χ0v) is 16.6. The molecule has 25 heavy (non-hydrogen) atoms. The average Bonchev–Trinajstić information content (AvgIpc) is 2.59. The number of carbonyl (C=O) groups is 1. The number of hydrogen-bond donors (Lipinski definition) is 2. The largest absolute Gasteiger partial charge is 0.385 e. The van der Waals surface area contributed by atoms with Gasteiger partial charge in [-0.2, -0.15) is 0 Å². The lowest BCUT2D eigenvalue weighted by molar-refractivity contribution is -0.127. The molecule has 0 radical (unpaired) electrons. The minimum Gasteiger partial charge on any atom is -0.385 e. The van der Waals surface area contributed by atoms with Crippen molar-refractivity contribution in [3.05, 3.63) is 0 Å². The van der Waals surface area contributed by atoms with Crippen LogP contribution >= 0.6 is 0 Å². The summed E-state index contributed by atoms with van der Waals surface area (Å²) in [6, 6.07) is 0. The number of methoxy groups -OCH3 is 1. The molecule has 1 atom stereocenters. The van der Waals surface area contributed by atoms with Crippen LogP contribution in [0.25, 0.3) is 0 Å². The van der Waals surface area contributed by atoms with Crippen molar-refractivity contribution in [2.45, 2.75) is 45.6 Å². The number of ether oxygens (including phenoxy) is 2. The maximum absolute atomic E-state index is 11.8. The van der Waals surface area contributed by atoms with Crippen molar-refractivity contribution in [2.24, 2.45) is 10.4 Å². The lowest BCUT2D eigenvalue weighted by Crippen LogP contribution is -2.46. The number of hydrogen-bond acceptors (Lipinski definition) is 4. The zero-order valence-electron chi connectivity index (χ0n) is 16.6. The Bertz CT molecular complexity index is 419. The summed E-state index contributed by atoms with van der Waals surface area (Å²) in [6.45, 7) is 7.52. The van der Waals surface area contributed by atoms with E-state index in [2.05, 4.69) is 29.5 Å². The third-order valence-corrected chi connectivity index (χ3v) is 4.36. The van der Waals surface area contributed by atoms with Crippen LogP contribution in [0, 0.1) is 5.41 Å². The van der Waals surface area contributed by atoms with Crippen molar-refractivity contribution < 1.29 is 14.3 Å². The quantitative estimate of drug-likeness (QED) is 0.480. The van der Waals surface area contributed by atoms with Crippen molar-refractivity contribution in [2.75, 3.05) is 54.1 Å². The second-order valence-corrected chi connectivity index (χ2v) is 7.58. The van der Waals surface area contributed by atoms with E-state index in [1.54, 1.807) is 26.1 Å². The minimum absolute atomic E-state index is 0.0198. The number of amides is 1. The van der Waals surface area contributed by atoms with Gasteiger partial charge in [0.15, 0.2) is 5.96 Å². The van der Waals surface area contributed by atoms with E-state index in [1.807, 2.05) is 0 Å². The minimum atomic E-state index is -0.0198. The van der Waals surface area contributed by atoms with Gasteiger partial charge in [-0.1, -0.05) is 13.8 Å². The zero-order chi connectivity index (χ0) is 18.7. The molecule has 0 spiro atoms. The Morgan fingerprint density at radius 2 is 2.08 bits per heavy atom. The summed E-state index contributed by atoms with van der Waals surface area (Å²) in [7, 11) is 5.19. The number of aliphatic imine (C=N–C) groups is 1. The fourth-order valence-corrected chi connectivity index (χ4v) is 2.43. The third-order valence-electron chi connectivity index (χ3n) is 4.36. The second kappa shape index (κ2) is 11.3. The van der Waals surface area contributed by atoms with Crippen LogP contribution in [0.1, 0.15) is 39.5 Å². The first-order valence-corrected chi connectivity index (χ1v) is 9.17. The molecule has 0 aliphatic carbocycles. The molecule has 7 nitrogen and oxygen atoms in total. The Balaban J connectivity index is 2.56. The molecule has 1 fully saturated rings. The predicted octanol–water partition coefficient (Wildman–Crippen LogP) is 1.24. The van der Waals surface area contributed by atoms with Gasteiger partial charge in [-0.3, -0.25) is 4.79 Å². The number of guanidine groups is 1. The first kappa shape index (κ1) is 21.7. The molecule has 1 rings (SSSR count). The van der Waals surface area contributed by atoms with Gasteiger partial charge < -0.3 is 25.0 Å². The molecule has 0 saturated carbocycles. The average molecular weight is 357 g/mol. The van der Waals surface area contributed by atoms with Gasteiger partial charge in [0.05, 0.1) is 6.10 Å². The Hall–Kier alpha value is -1.34. The van der Waals surface area contributed by atoms with Crippen LogP contribution in [0.5, 0.6) is 0 Å². The normalized spacial score (nSPS) is 18.8. The first-order valence-electron chi connectivity index (χ1n) is 9.17. The molecule has 2 N–H and O–H groups in total. The summed E-state index contributed by atoms with van der Waals surface area (Å²) >= 11 is 0. The highest BCUT2D eigenvalue weighted by Gasteiger charge is 2.19. The number of carbonyl (C=O) groups excluding carboxylic acids is 1. The number of nitrogens with zero attached hydrogens (tertiary/aromatic N) is 2. The Kier molecular flexibility index (Phi) is 9.82. The van der Waals surface area contributed by atoms with Gasteiger partial charge in [0.25, 0.3) is 0 Å². The van der Waals surface area contributed by atoms with Crippen LogP contribution in [0.3, 0.4) is 0 Å². The molecule has 7 heteroatoms. The highest BCUT2D eigenvalue weighted by atomic mass is 16.5. The maximum Gasteiger partial charge on any atom is 0.243 e. The van der Waals surface area contributed by atoms with Gasteiger partial charge in [0, 0.05) is 47.5 Å². The van der Waals surface area contributed by atoms with Crippen molar-refractivity contribution in [1.29, 1.82) is 0 Å². The number of rotatable bonds is 9. The summed E-state index contributed by atoms with van der Waals surface area (Å²) in [4.78, 5) is 17.8. The molecule has 1 amide bonds. The van der Waals surface area contributed by atoms with Crippen molar-refractivity contribution in [1.82, 2.24) is 15.5 Å². The highest BCUT2D eigenvalue weighted by Crippen LogP contribution is 2.18. The Labute approximate surface area is 152 Å². The fourth-order valence-electron chi connectivity index (χ4n) is 2.43. The summed E-state index contributed by atoms with van der Waals surface area (Å²) < 4.78 is 10.9. The molecule has 0 aromatic heterocycles. The molecular weight excluding hydrogens is 320 g/mol. The molecule has 1 aliphatic rings. The van der Waals surface area contributed by atoms with Gasteiger partial charge in [0.1, 0.15) is 6.54 Å². The summed E-state index contributed by atoms with van der Waals surface area (Å²) in [6.07, 6.45) is 4.57. The van der Waals surface area contributed by atoms with Gasteiger partial charge in [-0.25, -0.2) is 4.99 Å². The van der Waals surface area contributed by atoms with E-state index in [0.717, 1.165) is 39.0 Å². The van der Waals surface area contributed by atoms with E-state index in [0.29, 0.717) is 12.5 Å². The Morgan fingerprint density at radius 3 is 2.68 bits per heavy atom. The lowest BCUT2D eigenvalue weighted by atomic mass is 9.90. The van der Waals surface area contributed by atoms with E-state index in [-0.39, 0.29) is 24.0 Å². The van der Waals surface area contributed by atoms with Crippen LogP contribution in [-0.4, -0.2) is 76.9 Å². The molecule has 0 bridgehead atoms. The fraction of sp³-hybridized carbons (Fsp3) is 0.889. The van der Waals surface area contributed by atoms with Gasteiger partial charge in [-0.15, -0.1) is 0 Å². The van der Waals surface area contributed by atoms with Crippen molar-refractivity contribution in [3.8, 4) is 0 Å². The molecule has 1 heterocycles. The van der Waals surface area contributed by atoms with Gasteiger partial charge in [-0.05, 0) is 31.1 Å². The molecule has 0 aromatic carbocycles. The van der Waals surface area contributed by atoms with Crippen molar-refractivity contribution >= 4 is 11.9 Å². The van der Waals surface area contributed by atoms with E-state index in [4.69, 9.17) is 9.47 Å². The van der Waals surface area contributed by atoms with Gasteiger partial charge in [0.2, 0.25) is 5.91 Å². The van der Waals surface area contributed by atoms with Crippen molar-refractivity contribution in [3.63, 3.8) is 0 Å². The molecule has 1 saturated heterocycles. The van der Waals surface area contributed by atoms with E-state index in [9.17, 15) is 4.79 Å². The van der Waals surface area contributed by atoms with E-state index < -0.39 is 0 Å². The van der Waals surface area contributed by atoms with Crippen LogP contribution in [0.2, 0.25) is 0 Å². The number of nitrogens with one attached hydrogen (secondary N) is 2. The van der Waals surface area contributed by atoms with Crippen LogP contribution < -0.4 is 10.6 Å². The molecule has 1 unspecified atom stereocenters. The van der Waals surface area contributed by atoms with Crippen LogP contribution in [-0.2, 0) is 14.3 Å². The monoisotopic (exact) mass is 356 g/mol. The SMILES string of the molecule is COCCC(C)(C)CNC(=NCC(=O)N(C)C)NCC1CCCCO1. The summed E-state index contributed by atoms with van der Waals surface area (Å²) in [5.41, 5.74) is 0.0748. The summed E-state index contributed by atoms with van der Waals surface area (Å²) in [5, 5.41) is 6.68. The smallest absolute Gasteiger partial charge is 0.243 e. The first-order chi connectivity index (χ1) is 11.8. The third kappa shape index (κ3) is 9.65. The highest BCUT2D eigenvalue weighted by molar-refractivity contribution is 5.84. The second-order valence-electron chi connectivity index (χ2n) is 7.58. The molecule has 0 aromatic rings. The Morgan fingerprint density at radius 1 is 1.32 bits per heavy atom.